The van der Waals surface area contributed by atoms with E-state index in [4.69, 9.17) is 4.74 Å². The first-order valence-electron chi connectivity index (χ1n) is 10.8. The third kappa shape index (κ3) is 4.43. The Bertz CT molecular complexity index is 1220. The molecule has 0 saturated carbocycles. The third-order valence-electron chi connectivity index (χ3n) is 5.97. The fourth-order valence-electron chi connectivity index (χ4n) is 4.15. The molecule has 0 spiro atoms. The Morgan fingerprint density at radius 1 is 1.24 bits per heavy atom. The van der Waals surface area contributed by atoms with Crippen LogP contribution in [0.5, 0.6) is 5.75 Å². The Morgan fingerprint density at radius 2 is 2.00 bits per heavy atom. The second kappa shape index (κ2) is 9.34. The number of carbonyl (C=O) groups excluding carboxylic acids is 3. The zero-order valence-corrected chi connectivity index (χ0v) is 18.4. The van der Waals surface area contributed by atoms with Crippen LogP contribution >= 0.6 is 0 Å². The largest absolute Gasteiger partial charge is 0.502 e. The number of ketones is 1. The van der Waals surface area contributed by atoms with Crippen LogP contribution in [0.2, 0.25) is 0 Å². The van der Waals surface area contributed by atoms with Crippen LogP contribution in [-0.4, -0.2) is 58.2 Å². The molecule has 0 aliphatic carbocycles. The van der Waals surface area contributed by atoms with E-state index in [0.717, 1.165) is 34.8 Å². The average molecular weight is 475 g/mol. The van der Waals surface area contributed by atoms with Gasteiger partial charge in [-0.3, -0.25) is 19.2 Å². The number of nitrogens with zero attached hydrogens (tertiary/aromatic N) is 3. The zero-order chi connectivity index (χ0) is 24.6. The molecule has 4 rings (SSSR count). The summed E-state index contributed by atoms with van der Waals surface area (Å²) < 4.78 is 33.5. The maximum Gasteiger partial charge on any atom is 0.278 e. The number of amides is 2. The van der Waals surface area contributed by atoms with Crippen LogP contribution in [0.4, 0.5) is 8.78 Å². The minimum Gasteiger partial charge on any atom is -0.502 e. The van der Waals surface area contributed by atoms with Gasteiger partial charge < -0.3 is 14.7 Å². The number of aromatic nitrogens is 1. The number of ether oxygens (including phenoxy) is 1. The SMILES string of the molecule is CC(=O)N1CN(C[C@@H]2CCCO2)C(=O)c2c(O)c(=O)c(C(=O)CCc3ccc(F)cc3F)cn21. The molecular weight excluding hydrogens is 452 g/mol. The van der Waals surface area contributed by atoms with E-state index in [0.29, 0.717) is 12.7 Å². The molecule has 0 unspecified atom stereocenters. The van der Waals surface area contributed by atoms with Crippen molar-refractivity contribution in [2.24, 2.45) is 0 Å². The average Bonchev–Trinajstić information content (AvgIpc) is 3.29. The van der Waals surface area contributed by atoms with Gasteiger partial charge in [0, 0.05) is 38.8 Å². The van der Waals surface area contributed by atoms with E-state index in [2.05, 4.69) is 0 Å². The van der Waals surface area contributed by atoms with E-state index in [-0.39, 0.29) is 37.7 Å². The summed E-state index contributed by atoms with van der Waals surface area (Å²) in [6, 6.07) is 2.95. The molecule has 2 amide bonds. The van der Waals surface area contributed by atoms with Crippen LogP contribution in [-0.2, 0) is 16.0 Å². The van der Waals surface area contributed by atoms with Crippen molar-refractivity contribution in [3.05, 3.63) is 63.1 Å². The predicted molar refractivity (Wildman–Crippen MR) is 115 cm³/mol. The van der Waals surface area contributed by atoms with Gasteiger partial charge in [-0.1, -0.05) is 6.07 Å². The number of aryl methyl sites for hydroxylation is 1. The van der Waals surface area contributed by atoms with Crippen molar-refractivity contribution < 1.29 is 33.0 Å². The molecule has 180 valence electrons. The molecule has 3 heterocycles. The zero-order valence-electron chi connectivity index (χ0n) is 18.4. The lowest BCUT2D eigenvalue weighted by molar-refractivity contribution is -0.118. The number of benzene rings is 1. The first-order valence-corrected chi connectivity index (χ1v) is 10.8. The molecule has 1 aromatic heterocycles. The van der Waals surface area contributed by atoms with Gasteiger partial charge in [0.05, 0.1) is 11.7 Å². The summed E-state index contributed by atoms with van der Waals surface area (Å²) >= 11 is 0. The van der Waals surface area contributed by atoms with Crippen LogP contribution in [0.3, 0.4) is 0 Å². The summed E-state index contributed by atoms with van der Waals surface area (Å²) in [6.45, 7) is 1.84. The summed E-state index contributed by atoms with van der Waals surface area (Å²) in [5, 5.41) is 11.7. The normalized spacial score (nSPS) is 17.7. The lowest BCUT2D eigenvalue weighted by Gasteiger charge is -2.38. The summed E-state index contributed by atoms with van der Waals surface area (Å²) in [4.78, 5) is 52.2. The Labute approximate surface area is 193 Å². The molecule has 1 N–H and O–H groups in total. The highest BCUT2D eigenvalue weighted by Crippen LogP contribution is 2.24. The number of halogens is 2. The van der Waals surface area contributed by atoms with Gasteiger partial charge in [-0.05, 0) is 30.9 Å². The summed E-state index contributed by atoms with van der Waals surface area (Å²) in [6.07, 6.45) is 1.99. The molecule has 1 fully saturated rings. The van der Waals surface area contributed by atoms with Gasteiger partial charge in [0.2, 0.25) is 11.3 Å². The highest BCUT2D eigenvalue weighted by molar-refractivity contribution is 6.01. The molecule has 2 aliphatic rings. The van der Waals surface area contributed by atoms with Crippen molar-refractivity contribution >= 4 is 17.6 Å². The molecule has 0 bridgehead atoms. The Hall–Kier alpha value is -3.60. The number of pyridine rings is 1. The van der Waals surface area contributed by atoms with Gasteiger partial charge in [0.25, 0.3) is 5.91 Å². The van der Waals surface area contributed by atoms with Gasteiger partial charge in [-0.15, -0.1) is 0 Å². The number of Topliss-reactive ketones (excluding diaryl/α,β-unsaturated/α-hetero) is 1. The number of rotatable bonds is 6. The van der Waals surface area contributed by atoms with Crippen molar-refractivity contribution in [1.29, 1.82) is 0 Å². The van der Waals surface area contributed by atoms with E-state index in [1.807, 2.05) is 0 Å². The quantitative estimate of drug-likeness (QED) is 0.638. The van der Waals surface area contributed by atoms with E-state index in [1.165, 1.54) is 17.9 Å². The smallest absolute Gasteiger partial charge is 0.278 e. The Morgan fingerprint density at radius 3 is 2.65 bits per heavy atom. The number of hydrogen-bond acceptors (Lipinski definition) is 6. The fourth-order valence-corrected chi connectivity index (χ4v) is 4.15. The van der Waals surface area contributed by atoms with E-state index in [1.54, 1.807) is 0 Å². The molecule has 1 aromatic carbocycles. The Kier molecular flexibility index (Phi) is 6.47. The molecule has 34 heavy (non-hydrogen) atoms. The topological polar surface area (TPSA) is 109 Å². The van der Waals surface area contributed by atoms with Crippen LogP contribution in [0, 0.1) is 11.6 Å². The van der Waals surface area contributed by atoms with Gasteiger partial charge in [-0.25, -0.2) is 18.5 Å². The Balaban J connectivity index is 1.64. The first kappa shape index (κ1) is 23.6. The van der Waals surface area contributed by atoms with Crippen LogP contribution < -0.4 is 10.4 Å². The third-order valence-corrected chi connectivity index (χ3v) is 5.97. The molecule has 0 radical (unpaired) electrons. The predicted octanol–water partition coefficient (Wildman–Crippen LogP) is 1.72. The number of carbonyl (C=O) groups is 3. The van der Waals surface area contributed by atoms with Gasteiger partial charge in [0.15, 0.2) is 17.2 Å². The maximum atomic E-state index is 13.9. The van der Waals surface area contributed by atoms with Crippen molar-refractivity contribution in [3.8, 4) is 5.75 Å². The standard InChI is InChI=1S/C23H23F2N3O6/c1-13(29)28-12-26(10-16-3-2-8-34-16)23(33)20-22(32)21(31)17(11-27(20)28)19(30)7-5-14-4-6-15(24)9-18(14)25/h4,6,9,11,16,32H,2-3,5,7-8,10,12H2,1H3/t16-/m0/s1. The van der Waals surface area contributed by atoms with Crippen LogP contribution in [0.25, 0.3) is 0 Å². The summed E-state index contributed by atoms with van der Waals surface area (Å²) in [5.41, 5.74) is -1.85. The minimum atomic E-state index is -1.06. The molecule has 1 saturated heterocycles. The summed E-state index contributed by atoms with van der Waals surface area (Å²) in [5.74, 6) is -4.41. The van der Waals surface area contributed by atoms with Gasteiger partial charge in [0.1, 0.15) is 18.3 Å². The molecule has 2 aromatic rings. The van der Waals surface area contributed by atoms with E-state index < -0.39 is 51.7 Å². The monoisotopic (exact) mass is 475 g/mol. The second-order valence-electron chi connectivity index (χ2n) is 8.30. The highest BCUT2D eigenvalue weighted by atomic mass is 19.1. The lowest BCUT2D eigenvalue weighted by Crippen LogP contribution is -2.57. The van der Waals surface area contributed by atoms with Crippen LogP contribution in [0.15, 0.2) is 29.2 Å². The molecule has 9 nitrogen and oxygen atoms in total. The van der Waals surface area contributed by atoms with Crippen molar-refractivity contribution in [2.75, 3.05) is 24.8 Å². The molecule has 11 heteroatoms. The lowest BCUT2D eigenvalue weighted by atomic mass is 10.0. The highest BCUT2D eigenvalue weighted by Gasteiger charge is 2.37. The maximum absolute atomic E-state index is 13.9. The second-order valence-corrected chi connectivity index (χ2v) is 8.30. The van der Waals surface area contributed by atoms with Gasteiger partial charge >= 0.3 is 0 Å². The number of fused-ring (bicyclic) bond motifs is 1. The van der Waals surface area contributed by atoms with Gasteiger partial charge in [-0.2, -0.15) is 0 Å². The van der Waals surface area contributed by atoms with Crippen molar-refractivity contribution in [3.63, 3.8) is 0 Å². The minimum absolute atomic E-state index is 0.0855. The van der Waals surface area contributed by atoms with Crippen molar-refractivity contribution in [2.45, 2.75) is 38.7 Å². The van der Waals surface area contributed by atoms with Crippen molar-refractivity contribution in [1.82, 2.24) is 9.58 Å². The number of hydrogen-bond donors (Lipinski definition) is 1. The summed E-state index contributed by atoms with van der Waals surface area (Å²) in [7, 11) is 0. The first-order chi connectivity index (χ1) is 16.2. The van der Waals surface area contributed by atoms with E-state index in [9.17, 15) is 33.1 Å². The molecular formula is C23H23F2N3O6. The number of aromatic hydroxyl groups is 1. The molecule has 2 aliphatic heterocycles. The molecule has 1 atom stereocenters. The fraction of sp³-hybridized carbons (Fsp3) is 0.391. The van der Waals surface area contributed by atoms with Crippen LogP contribution in [0.1, 0.15) is 52.6 Å². The van der Waals surface area contributed by atoms with E-state index >= 15 is 0 Å².